The molecule has 15 heavy (non-hydrogen) atoms. The van der Waals surface area contributed by atoms with Gasteiger partial charge in [-0.05, 0) is 13.5 Å². The van der Waals surface area contributed by atoms with E-state index in [4.69, 9.17) is 10.3 Å². The van der Waals surface area contributed by atoms with Crippen molar-refractivity contribution in [1.82, 2.24) is 20.3 Å². The normalized spacial score (nSPS) is 10.5. The van der Waals surface area contributed by atoms with Gasteiger partial charge in [0.05, 0.1) is 18.0 Å². The summed E-state index contributed by atoms with van der Waals surface area (Å²) in [6.45, 7) is 2.34. The van der Waals surface area contributed by atoms with Gasteiger partial charge in [0.1, 0.15) is 11.5 Å². The predicted octanol–water partition coefficient (Wildman–Crippen LogP) is 0.336. The maximum absolute atomic E-state index is 5.38. The van der Waals surface area contributed by atoms with Crippen LogP contribution in [-0.4, -0.2) is 26.9 Å². The first-order valence-corrected chi connectivity index (χ1v) is 4.61. The van der Waals surface area contributed by atoms with Gasteiger partial charge in [-0.1, -0.05) is 5.16 Å². The van der Waals surface area contributed by atoms with Crippen molar-refractivity contribution in [1.29, 1.82) is 0 Å². The monoisotopic (exact) mass is 205 g/mol. The van der Waals surface area contributed by atoms with Gasteiger partial charge in [0.2, 0.25) is 0 Å². The quantitative estimate of drug-likeness (QED) is 0.776. The van der Waals surface area contributed by atoms with Gasteiger partial charge < -0.3 is 10.3 Å². The SMILES string of the molecule is Cc1oncc1-c1cnc(CCN)nn1. The number of aromatic nitrogens is 4. The summed E-state index contributed by atoms with van der Waals surface area (Å²) in [4.78, 5) is 4.14. The van der Waals surface area contributed by atoms with E-state index in [2.05, 4.69) is 20.3 Å². The van der Waals surface area contributed by atoms with Crippen molar-refractivity contribution in [3.05, 3.63) is 24.0 Å². The van der Waals surface area contributed by atoms with Crippen LogP contribution < -0.4 is 5.73 Å². The fourth-order valence-corrected chi connectivity index (χ4v) is 1.21. The molecule has 2 aromatic heterocycles. The zero-order valence-corrected chi connectivity index (χ0v) is 8.34. The molecule has 0 spiro atoms. The number of hydrogen-bond acceptors (Lipinski definition) is 6. The van der Waals surface area contributed by atoms with Gasteiger partial charge in [-0.25, -0.2) is 4.98 Å². The zero-order chi connectivity index (χ0) is 10.7. The third-order valence-corrected chi connectivity index (χ3v) is 2.00. The highest BCUT2D eigenvalue weighted by molar-refractivity contribution is 5.57. The summed E-state index contributed by atoms with van der Waals surface area (Å²) in [5, 5.41) is 11.7. The number of aryl methyl sites for hydroxylation is 1. The van der Waals surface area contributed by atoms with E-state index in [0.29, 0.717) is 30.2 Å². The van der Waals surface area contributed by atoms with Crippen molar-refractivity contribution in [3.63, 3.8) is 0 Å². The van der Waals surface area contributed by atoms with Crippen molar-refractivity contribution >= 4 is 0 Å². The fourth-order valence-electron chi connectivity index (χ4n) is 1.21. The lowest BCUT2D eigenvalue weighted by Crippen LogP contribution is -2.07. The zero-order valence-electron chi connectivity index (χ0n) is 8.34. The lowest BCUT2D eigenvalue weighted by Gasteiger charge is -1.97. The summed E-state index contributed by atoms with van der Waals surface area (Å²) < 4.78 is 4.93. The predicted molar refractivity (Wildman–Crippen MR) is 52.8 cm³/mol. The number of nitrogens with two attached hydrogens (primary N) is 1. The molecule has 0 saturated carbocycles. The van der Waals surface area contributed by atoms with E-state index in [1.165, 1.54) is 0 Å². The van der Waals surface area contributed by atoms with E-state index in [9.17, 15) is 0 Å². The first kappa shape index (κ1) is 9.72. The van der Waals surface area contributed by atoms with Crippen LogP contribution in [0.1, 0.15) is 11.6 Å². The van der Waals surface area contributed by atoms with E-state index in [1.807, 2.05) is 6.92 Å². The maximum Gasteiger partial charge on any atom is 0.152 e. The van der Waals surface area contributed by atoms with Gasteiger partial charge in [-0.15, -0.1) is 10.2 Å². The summed E-state index contributed by atoms with van der Waals surface area (Å²) >= 11 is 0. The molecule has 0 unspecified atom stereocenters. The molecule has 0 bridgehead atoms. The molecule has 0 aliphatic carbocycles. The minimum atomic E-state index is 0.521. The molecule has 0 atom stereocenters. The number of hydrogen-bond donors (Lipinski definition) is 1. The topological polar surface area (TPSA) is 90.7 Å². The molecular formula is C9H11N5O. The van der Waals surface area contributed by atoms with Crippen LogP contribution in [0.25, 0.3) is 11.3 Å². The van der Waals surface area contributed by atoms with Crippen LogP contribution in [0.3, 0.4) is 0 Å². The molecule has 6 nitrogen and oxygen atoms in total. The minimum absolute atomic E-state index is 0.521. The lowest BCUT2D eigenvalue weighted by molar-refractivity contribution is 0.398. The molecule has 0 amide bonds. The second-order valence-electron chi connectivity index (χ2n) is 3.09. The Bertz CT molecular complexity index is 436. The van der Waals surface area contributed by atoms with Crippen LogP contribution in [0.2, 0.25) is 0 Å². The summed E-state index contributed by atoms with van der Waals surface area (Å²) in [6.07, 6.45) is 3.89. The van der Waals surface area contributed by atoms with Crippen molar-refractivity contribution in [2.45, 2.75) is 13.3 Å². The molecule has 0 aliphatic heterocycles. The molecular weight excluding hydrogens is 194 g/mol. The van der Waals surface area contributed by atoms with Crippen molar-refractivity contribution in [3.8, 4) is 11.3 Å². The highest BCUT2D eigenvalue weighted by atomic mass is 16.5. The largest absolute Gasteiger partial charge is 0.361 e. The lowest BCUT2D eigenvalue weighted by atomic mass is 10.2. The van der Waals surface area contributed by atoms with Gasteiger partial charge in [-0.3, -0.25) is 0 Å². The Hall–Kier alpha value is -1.82. The van der Waals surface area contributed by atoms with Crippen LogP contribution >= 0.6 is 0 Å². The van der Waals surface area contributed by atoms with E-state index in [0.717, 1.165) is 5.56 Å². The number of rotatable bonds is 3. The number of nitrogens with zero attached hydrogens (tertiary/aromatic N) is 4. The molecule has 0 fully saturated rings. The summed E-state index contributed by atoms with van der Waals surface area (Å²) in [5.41, 5.74) is 6.86. The molecule has 2 heterocycles. The first-order valence-electron chi connectivity index (χ1n) is 4.61. The molecule has 0 saturated heterocycles. The Morgan fingerprint density at radius 1 is 1.33 bits per heavy atom. The third-order valence-electron chi connectivity index (χ3n) is 2.00. The molecule has 6 heteroatoms. The molecule has 0 radical (unpaired) electrons. The minimum Gasteiger partial charge on any atom is -0.361 e. The van der Waals surface area contributed by atoms with Gasteiger partial charge in [0.25, 0.3) is 0 Å². The average molecular weight is 205 g/mol. The van der Waals surface area contributed by atoms with E-state index < -0.39 is 0 Å². The van der Waals surface area contributed by atoms with Crippen molar-refractivity contribution < 1.29 is 4.52 Å². The van der Waals surface area contributed by atoms with Crippen LogP contribution in [0.15, 0.2) is 16.9 Å². The van der Waals surface area contributed by atoms with Gasteiger partial charge in [-0.2, -0.15) is 0 Å². The van der Waals surface area contributed by atoms with Crippen molar-refractivity contribution in [2.75, 3.05) is 6.54 Å². The Morgan fingerprint density at radius 2 is 2.20 bits per heavy atom. The van der Waals surface area contributed by atoms with Crippen molar-refractivity contribution in [2.24, 2.45) is 5.73 Å². The maximum atomic E-state index is 5.38. The molecule has 2 rings (SSSR count). The van der Waals surface area contributed by atoms with Gasteiger partial charge >= 0.3 is 0 Å². The highest BCUT2D eigenvalue weighted by Gasteiger charge is 2.08. The van der Waals surface area contributed by atoms with Crippen LogP contribution in [0.4, 0.5) is 0 Å². The molecule has 2 N–H and O–H groups in total. The molecule has 0 aliphatic rings. The van der Waals surface area contributed by atoms with Gasteiger partial charge in [0, 0.05) is 6.42 Å². The third kappa shape index (κ3) is 1.99. The van der Waals surface area contributed by atoms with E-state index in [1.54, 1.807) is 12.4 Å². The van der Waals surface area contributed by atoms with E-state index >= 15 is 0 Å². The van der Waals surface area contributed by atoms with Crippen LogP contribution in [0, 0.1) is 6.92 Å². The molecule has 78 valence electrons. The van der Waals surface area contributed by atoms with Crippen LogP contribution in [-0.2, 0) is 6.42 Å². The highest BCUT2D eigenvalue weighted by Crippen LogP contribution is 2.18. The second kappa shape index (κ2) is 4.14. The Kier molecular flexibility index (Phi) is 2.68. The average Bonchev–Trinajstić information content (AvgIpc) is 2.66. The standard InChI is InChI=1S/C9H11N5O/c1-6-7(4-12-15-6)8-5-11-9(2-3-10)14-13-8/h4-5H,2-3,10H2,1H3. The van der Waals surface area contributed by atoms with Crippen LogP contribution in [0.5, 0.6) is 0 Å². The Balaban J connectivity index is 2.28. The first-order chi connectivity index (χ1) is 7.31. The molecule has 0 aromatic carbocycles. The summed E-state index contributed by atoms with van der Waals surface area (Å²) in [5.74, 6) is 1.35. The Labute approximate surface area is 86.5 Å². The smallest absolute Gasteiger partial charge is 0.152 e. The Morgan fingerprint density at radius 3 is 2.73 bits per heavy atom. The van der Waals surface area contributed by atoms with E-state index in [-0.39, 0.29) is 0 Å². The fraction of sp³-hybridized carbons (Fsp3) is 0.333. The summed E-state index contributed by atoms with van der Waals surface area (Å²) in [6, 6.07) is 0. The summed E-state index contributed by atoms with van der Waals surface area (Å²) in [7, 11) is 0. The molecule has 2 aromatic rings. The second-order valence-corrected chi connectivity index (χ2v) is 3.09. The van der Waals surface area contributed by atoms with Gasteiger partial charge in [0.15, 0.2) is 5.82 Å².